The molecule has 1 aliphatic rings. The molecule has 0 aliphatic carbocycles. The summed E-state index contributed by atoms with van der Waals surface area (Å²) in [6.07, 6.45) is 0. The Hall–Kier alpha value is -1.39. The zero-order valence-corrected chi connectivity index (χ0v) is 10.3. The average Bonchev–Trinajstić information content (AvgIpc) is 2.62. The number of hydrogen-bond acceptors (Lipinski definition) is 3. The molecular formula is C13H13NO2S. The van der Waals surface area contributed by atoms with Crippen molar-refractivity contribution in [1.82, 2.24) is 5.32 Å². The van der Waals surface area contributed by atoms with Crippen molar-refractivity contribution in [3.8, 4) is 0 Å². The van der Waals surface area contributed by atoms with Crippen LogP contribution in [0, 0.1) is 6.92 Å². The van der Waals surface area contributed by atoms with Gasteiger partial charge in [-0.2, -0.15) is 0 Å². The Morgan fingerprint density at radius 3 is 2.82 bits per heavy atom. The first kappa shape index (κ1) is 10.7. The minimum Gasteiger partial charge on any atom is -0.377 e. The van der Waals surface area contributed by atoms with E-state index in [9.17, 15) is 4.79 Å². The van der Waals surface area contributed by atoms with E-state index < -0.39 is 0 Å². The summed E-state index contributed by atoms with van der Waals surface area (Å²) in [7, 11) is 0. The second-order valence-corrected chi connectivity index (χ2v) is 5.31. The Balaban J connectivity index is 1.93. The molecule has 2 aromatic rings. The molecule has 88 valence electrons. The van der Waals surface area contributed by atoms with Crippen LogP contribution in [0.3, 0.4) is 0 Å². The number of hydrogen-bond donors (Lipinski definition) is 1. The fraction of sp³-hybridized carbons (Fsp3) is 0.308. The lowest BCUT2D eigenvalue weighted by atomic mass is 10.1. The molecule has 0 bridgehead atoms. The van der Waals surface area contributed by atoms with Crippen molar-refractivity contribution in [2.75, 3.05) is 13.2 Å². The summed E-state index contributed by atoms with van der Waals surface area (Å²) in [4.78, 5) is 12.9. The Kier molecular flexibility index (Phi) is 2.61. The number of fused-ring (bicyclic) bond motifs is 1. The number of carbonyl (C=O) groups excluding carboxylic acids is 1. The van der Waals surface area contributed by atoms with E-state index in [4.69, 9.17) is 4.74 Å². The SMILES string of the molecule is Cc1c(C(=O)NC2COC2)sc2ccccc12. The monoisotopic (exact) mass is 247 g/mol. The third-order valence-corrected chi connectivity index (χ3v) is 4.29. The normalized spacial score (nSPS) is 15.8. The van der Waals surface area contributed by atoms with Gasteiger partial charge < -0.3 is 10.1 Å². The number of carbonyl (C=O) groups is 1. The van der Waals surface area contributed by atoms with Gasteiger partial charge in [-0.3, -0.25) is 4.79 Å². The van der Waals surface area contributed by atoms with Crippen LogP contribution in [0.15, 0.2) is 24.3 Å². The molecule has 1 aromatic carbocycles. The fourth-order valence-electron chi connectivity index (χ4n) is 1.96. The van der Waals surface area contributed by atoms with Gasteiger partial charge in [-0.25, -0.2) is 0 Å². The van der Waals surface area contributed by atoms with Crippen LogP contribution < -0.4 is 5.32 Å². The van der Waals surface area contributed by atoms with Gasteiger partial charge in [-0.1, -0.05) is 18.2 Å². The predicted octanol–water partition coefficient (Wildman–Crippen LogP) is 2.34. The quantitative estimate of drug-likeness (QED) is 0.884. The lowest BCUT2D eigenvalue weighted by Crippen LogP contribution is -2.48. The smallest absolute Gasteiger partial charge is 0.262 e. The van der Waals surface area contributed by atoms with Gasteiger partial charge in [0.05, 0.1) is 24.1 Å². The van der Waals surface area contributed by atoms with E-state index >= 15 is 0 Å². The molecule has 2 heterocycles. The molecule has 3 rings (SSSR count). The first-order chi connectivity index (χ1) is 8.25. The maximum Gasteiger partial charge on any atom is 0.262 e. The number of ether oxygens (including phenoxy) is 1. The van der Waals surface area contributed by atoms with Crippen molar-refractivity contribution >= 4 is 27.3 Å². The van der Waals surface area contributed by atoms with Gasteiger partial charge in [0, 0.05) is 4.70 Å². The number of amides is 1. The fourth-order valence-corrected chi connectivity index (χ4v) is 3.07. The first-order valence-electron chi connectivity index (χ1n) is 5.62. The second kappa shape index (κ2) is 4.13. The average molecular weight is 247 g/mol. The van der Waals surface area contributed by atoms with Crippen molar-refractivity contribution in [2.24, 2.45) is 0 Å². The molecule has 1 amide bonds. The summed E-state index contributed by atoms with van der Waals surface area (Å²) in [6.45, 7) is 3.27. The van der Waals surface area contributed by atoms with E-state index in [1.165, 1.54) is 10.1 Å². The number of benzene rings is 1. The van der Waals surface area contributed by atoms with Gasteiger partial charge in [-0.05, 0) is 23.9 Å². The molecular weight excluding hydrogens is 234 g/mol. The maximum atomic E-state index is 12.1. The Morgan fingerprint density at radius 1 is 1.41 bits per heavy atom. The Bertz CT molecular complexity index is 572. The molecule has 1 saturated heterocycles. The van der Waals surface area contributed by atoms with Gasteiger partial charge in [0.1, 0.15) is 0 Å². The molecule has 4 heteroatoms. The van der Waals surface area contributed by atoms with E-state index in [1.54, 1.807) is 11.3 Å². The molecule has 0 atom stereocenters. The lowest BCUT2D eigenvalue weighted by molar-refractivity contribution is -0.00339. The van der Waals surface area contributed by atoms with Crippen LogP contribution in [0.4, 0.5) is 0 Å². The van der Waals surface area contributed by atoms with Crippen LogP contribution in [0.25, 0.3) is 10.1 Å². The Labute approximate surface area is 103 Å². The molecule has 17 heavy (non-hydrogen) atoms. The van der Waals surface area contributed by atoms with Crippen LogP contribution >= 0.6 is 11.3 Å². The summed E-state index contributed by atoms with van der Waals surface area (Å²) in [6, 6.07) is 8.30. The van der Waals surface area contributed by atoms with Crippen LogP contribution in [-0.4, -0.2) is 25.2 Å². The van der Waals surface area contributed by atoms with E-state index in [-0.39, 0.29) is 11.9 Å². The number of aryl methyl sites for hydroxylation is 1. The highest BCUT2D eigenvalue weighted by atomic mass is 32.1. The minimum atomic E-state index is 0.0250. The third kappa shape index (κ3) is 1.83. The van der Waals surface area contributed by atoms with Crippen molar-refractivity contribution < 1.29 is 9.53 Å². The molecule has 0 spiro atoms. The third-order valence-electron chi connectivity index (χ3n) is 3.02. The number of thiophene rings is 1. The first-order valence-corrected chi connectivity index (χ1v) is 6.44. The molecule has 3 nitrogen and oxygen atoms in total. The second-order valence-electron chi connectivity index (χ2n) is 4.26. The summed E-state index contributed by atoms with van der Waals surface area (Å²) in [5.41, 5.74) is 1.07. The number of nitrogens with one attached hydrogen (secondary N) is 1. The largest absolute Gasteiger partial charge is 0.377 e. The highest BCUT2D eigenvalue weighted by Gasteiger charge is 2.23. The number of rotatable bonds is 2. The minimum absolute atomic E-state index is 0.0250. The summed E-state index contributed by atoms with van der Waals surface area (Å²) in [5.74, 6) is 0.0250. The summed E-state index contributed by atoms with van der Waals surface area (Å²) in [5, 5.41) is 4.15. The van der Waals surface area contributed by atoms with Crippen molar-refractivity contribution in [3.05, 3.63) is 34.7 Å². The van der Waals surface area contributed by atoms with Crippen LogP contribution in [0.2, 0.25) is 0 Å². The van der Waals surface area contributed by atoms with Crippen LogP contribution in [0.5, 0.6) is 0 Å². The van der Waals surface area contributed by atoms with Crippen molar-refractivity contribution in [1.29, 1.82) is 0 Å². The van der Waals surface area contributed by atoms with E-state index in [0.29, 0.717) is 13.2 Å². The lowest BCUT2D eigenvalue weighted by Gasteiger charge is -2.26. The van der Waals surface area contributed by atoms with E-state index in [1.807, 2.05) is 19.1 Å². The molecule has 1 N–H and O–H groups in total. The molecule has 1 fully saturated rings. The molecule has 1 aromatic heterocycles. The predicted molar refractivity (Wildman–Crippen MR) is 68.6 cm³/mol. The van der Waals surface area contributed by atoms with Crippen molar-refractivity contribution in [2.45, 2.75) is 13.0 Å². The molecule has 1 aliphatic heterocycles. The molecule has 0 unspecified atom stereocenters. The molecule has 0 radical (unpaired) electrons. The van der Waals surface area contributed by atoms with E-state index in [2.05, 4.69) is 17.4 Å². The van der Waals surface area contributed by atoms with Gasteiger partial charge in [-0.15, -0.1) is 11.3 Å². The van der Waals surface area contributed by atoms with E-state index in [0.717, 1.165) is 10.4 Å². The highest BCUT2D eigenvalue weighted by molar-refractivity contribution is 7.21. The zero-order valence-electron chi connectivity index (χ0n) is 9.53. The topological polar surface area (TPSA) is 38.3 Å². The van der Waals surface area contributed by atoms with Crippen molar-refractivity contribution in [3.63, 3.8) is 0 Å². The summed E-state index contributed by atoms with van der Waals surface area (Å²) >= 11 is 1.56. The van der Waals surface area contributed by atoms with Gasteiger partial charge >= 0.3 is 0 Å². The van der Waals surface area contributed by atoms with Gasteiger partial charge in [0.15, 0.2) is 0 Å². The van der Waals surface area contributed by atoms with Crippen LogP contribution in [0.1, 0.15) is 15.2 Å². The van der Waals surface area contributed by atoms with Gasteiger partial charge in [0.25, 0.3) is 5.91 Å². The van der Waals surface area contributed by atoms with Gasteiger partial charge in [0.2, 0.25) is 0 Å². The molecule has 0 saturated carbocycles. The van der Waals surface area contributed by atoms with Crippen LogP contribution in [-0.2, 0) is 4.74 Å². The summed E-state index contributed by atoms with van der Waals surface area (Å²) < 4.78 is 6.22. The highest BCUT2D eigenvalue weighted by Crippen LogP contribution is 2.30. The standard InChI is InChI=1S/C13H13NO2S/c1-8-10-4-2-3-5-11(10)17-12(8)13(15)14-9-6-16-7-9/h2-5,9H,6-7H2,1H3,(H,14,15). The maximum absolute atomic E-state index is 12.1. The Morgan fingerprint density at radius 2 is 2.18 bits per heavy atom. The zero-order chi connectivity index (χ0) is 11.8.